The molecule has 0 bridgehead atoms. The molecule has 0 N–H and O–H groups in total. The fourth-order valence-corrected chi connectivity index (χ4v) is 13.9. The lowest BCUT2D eigenvalue weighted by Gasteiger charge is -2.62. The van der Waals surface area contributed by atoms with Gasteiger partial charge in [-0.25, -0.2) is 0 Å². The van der Waals surface area contributed by atoms with Crippen LogP contribution in [0.25, 0.3) is 0 Å². The predicted octanol–water partition coefficient (Wildman–Crippen LogP) is 18.4. The number of carbonyl (C=O) groups is 1. The highest BCUT2D eigenvalue weighted by Gasteiger charge is 2.63. The number of allylic oxidation sites excluding steroid dienone is 4. The molecule has 2 nitrogen and oxygen atoms in total. The quantitative estimate of drug-likeness (QED) is 0.0428. The molecule has 2 heteroatoms. The van der Waals surface area contributed by atoms with Gasteiger partial charge in [0.25, 0.3) is 0 Å². The maximum Gasteiger partial charge on any atom is 0.306 e. The number of hydrogen-bond acceptors (Lipinski definition) is 2. The van der Waals surface area contributed by atoms with Gasteiger partial charge in [-0.1, -0.05) is 213 Å². The molecule has 0 saturated heterocycles. The first kappa shape index (κ1) is 49.6. The van der Waals surface area contributed by atoms with Crippen LogP contribution in [0.2, 0.25) is 0 Å². The van der Waals surface area contributed by atoms with E-state index in [4.69, 9.17) is 4.74 Å². The molecule has 4 rings (SSSR count). The Bertz CT molecular complexity index is 1250. The molecule has 0 aliphatic heterocycles. The second-order valence-corrected chi connectivity index (χ2v) is 22.6. The molecule has 4 aliphatic carbocycles. The molecular formula is C56H100O2. The smallest absolute Gasteiger partial charge is 0.306 e. The summed E-state index contributed by atoms with van der Waals surface area (Å²) in [6.45, 7) is 22.3. The van der Waals surface area contributed by atoms with Gasteiger partial charge in [-0.2, -0.15) is 0 Å². The van der Waals surface area contributed by atoms with Crippen LogP contribution in [-0.4, -0.2) is 12.1 Å². The molecule has 7 atom stereocenters. The summed E-state index contributed by atoms with van der Waals surface area (Å²) >= 11 is 0. The average Bonchev–Trinajstić information content (AvgIpc) is 3.47. The maximum absolute atomic E-state index is 13.2. The zero-order chi connectivity index (χ0) is 42.1. The van der Waals surface area contributed by atoms with Gasteiger partial charge in [0.1, 0.15) is 6.10 Å². The van der Waals surface area contributed by atoms with Gasteiger partial charge in [0.05, 0.1) is 0 Å². The van der Waals surface area contributed by atoms with E-state index in [1.54, 1.807) is 0 Å². The summed E-state index contributed by atoms with van der Waals surface area (Å²) in [4.78, 5) is 13.2. The molecule has 0 aromatic rings. The Morgan fingerprint density at radius 3 is 1.64 bits per heavy atom. The van der Waals surface area contributed by atoms with Crippen molar-refractivity contribution in [2.75, 3.05) is 0 Å². The van der Waals surface area contributed by atoms with Gasteiger partial charge in [0.15, 0.2) is 0 Å². The number of esters is 1. The highest BCUT2D eigenvalue weighted by molar-refractivity contribution is 5.69. The highest BCUT2D eigenvalue weighted by Crippen LogP contribution is 2.72. The lowest BCUT2D eigenvalue weighted by atomic mass is 9.43. The van der Waals surface area contributed by atoms with Gasteiger partial charge in [-0.15, -0.1) is 0 Å². The Labute approximate surface area is 363 Å². The molecule has 0 aromatic carbocycles. The van der Waals surface area contributed by atoms with Gasteiger partial charge in [-0.05, 0) is 118 Å². The van der Waals surface area contributed by atoms with Crippen molar-refractivity contribution in [2.24, 2.45) is 39.4 Å². The Hall–Kier alpha value is -1.05. The van der Waals surface area contributed by atoms with Crippen molar-refractivity contribution >= 4 is 5.97 Å². The van der Waals surface area contributed by atoms with Gasteiger partial charge in [-0.3, -0.25) is 4.79 Å². The topological polar surface area (TPSA) is 26.3 Å². The van der Waals surface area contributed by atoms with Crippen molar-refractivity contribution in [2.45, 2.75) is 287 Å². The van der Waals surface area contributed by atoms with Crippen molar-refractivity contribution in [3.8, 4) is 0 Å². The second kappa shape index (κ2) is 24.6. The Morgan fingerprint density at radius 2 is 1.14 bits per heavy atom. The zero-order valence-electron chi connectivity index (χ0n) is 40.7. The summed E-state index contributed by atoms with van der Waals surface area (Å²) in [5.41, 5.74) is 6.24. The van der Waals surface area contributed by atoms with E-state index in [-0.39, 0.29) is 22.9 Å². The molecule has 58 heavy (non-hydrogen) atoms. The SMILES string of the molecule is CCCCCCCCCCCCCCCCCCCCCCCCCC(=O)OC1CC[C@]2(C)C3=C(CCC2C1(C)C)[C@]1(C)CC[C@H]([C@H](C)CCC=C(C)C)[C@@]1(C)CC3. The molecule has 0 aromatic heterocycles. The fraction of sp³-hybridized carbons (Fsp3) is 0.911. The second-order valence-electron chi connectivity index (χ2n) is 22.6. The fourth-order valence-electron chi connectivity index (χ4n) is 13.9. The molecule has 0 amide bonds. The molecule has 2 unspecified atom stereocenters. The minimum Gasteiger partial charge on any atom is -0.462 e. The van der Waals surface area contributed by atoms with Gasteiger partial charge in [0, 0.05) is 11.8 Å². The van der Waals surface area contributed by atoms with Crippen molar-refractivity contribution in [1.82, 2.24) is 0 Å². The van der Waals surface area contributed by atoms with Crippen LogP contribution in [-0.2, 0) is 9.53 Å². The summed E-state index contributed by atoms with van der Waals surface area (Å²) in [7, 11) is 0. The highest BCUT2D eigenvalue weighted by atomic mass is 16.5. The number of hydrogen-bond donors (Lipinski definition) is 0. The van der Waals surface area contributed by atoms with E-state index in [0.29, 0.717) is 23.2 Å². The third kappa shape index (κ3) is 13.2. The number of unbranched alkanes of at least 4 members (excludes halogenated alkanes) is 22. The maximum atomic E-state index is 13.2. The Balaban J connectivity index is 1.05. The summed E-state index contributed by atoms with van der Waals surface area (Å²) in [6, 6.07) is 0. The van der Waals surface area contributed by atoms with Gasteiger partial charge in [0.2, 0.25) is 0 Å². The van der Waals surface area contributed by atoms with Crippen molar-refractivity contribution < 1.29 is 9.53 Å². The molecular weight excluding hydrogens is 705 g/mol. The number of ether oxygens (including phenoxy) is 1. The van der Waals surface area contributed by atoms with Crippen LogP contribution in [0.3, 0.4) is 0 Å². The average molecular weight is 805 g/mol. The standard InChI is InChI=1S/C56H100O2/c1-10-11-12-13-14-15-16-17-18-19-20-21-22-23-24-25-26-27-28-29-30-31-32-36-52(57)58-51-41-42-54(7)48-40-44-55(8)47(46(4)35-33-34-45(2)3)39-43-56(55,9)49(48)37-38-50(54)53(51,5)6/h34,46-47,50-51H,10-33,35-44H2,1-9H3/t46-,47-,50?,51?,54-,55-,56+/m1/s1. The molecule has 4 aliphatic rings. The van der Waals surface area contributed by atoms with E-state index in [0.717, 1.165) is 24.7 Å². The van der Waals surface area contributed by atoms with E-state index in [1.807, 2.05) is 11.1 Å². The number of fused-ring (bicyclic) bond motifs is 4. The van der Waals surface area contributed by atoms with Crippen LogP contribution in [0.1, 0.15) is 281 Å². The first-order chi connectivity index (χ1) is 27.8. The summed E-state index contributed by atoms with van der Waals surface area (Å²) in [6.07, 6.45) is 48.0. The van der Waals surface area contributed by atoms with Crippen molar-refractivity contribution in [1.29, 1.82) is 0 Å². The van der Waals surface area contributed by atoms with Crippen molar-refractivity contribution in [3.63, 3.8) is 0 Å². The molecule has 336 valence electrons. The molecule has 2 saturated carbocycles. The van der Waals surface area contributed by atoms with Crippen LogP contribution in [0.4, 0.5) is 0 Å². The summed E-state index contributed by atoms with van der Waals surface area (Å²) < 4.78 is 6.42. The van der Waals surface area contributed by atoms with E-state index < -0.39 is 0 Å². The monoisotopic (exact) mass is 805 g/mol. The Kier molecular flexibility index (Phi) is 21.0. The summed E-state index contributed by atoms with van der Waals surface area (Å²) in [5.74, 6) is 2.30. The van der Waals surface area contributed by atoms with Gasteiger partial charge < -0.3 is 4.74 Å². The van der Waals surface area contributed by atoms with E-state index in [1.165, 1.54) is 205 Å². The van der Waals surface area contributed by atoms with Crippen LogP contribution in [0, 0.1) is 39.4 Å². The molecule has 2 fully saturated rings. The minimum absolute atomic E-state index is 0.0207. The summed E-state index contributed by atoms with van der Waals surface area (Å²) in [5, 5.41) is 0. The van der Waals surface area contributed by atoms with Crippen molar-refractivity contribution in [3.05, 3.63) is 22.8 Å². The molecule has 0 heterocycles. The van der Waals surface area contributed by atoms with E-state index in [9.17, 15) is 4.79 Å². The lowest BCUT2D eigenvalue weighted by molar-refractivity contribution is -0.170. The number of carbonyl (C=O) groups excluding carboxylic acids is 1. The third-order valence-corrected chi connectivity index (χ3v) is 17.9. The predicted molar refractivity (Wildman–Crippen MR) is 253 cm³/mol. The Morgan fingerprint density at radius 1 is 0.638 bits per heavy atom. The van der Waals surface area contributed by atoms with Gasteiger partial charge >= 0.3 is 5.97 Å². The van der Waals surface area contributed by atoms with Crippen LogP contribution in [0.15, 0.2) is 22.8 Å². The lowest BCUT2D eigenvalue weighted by Crippen LogP contribution is -2.55. The molecule has 0 spiro atoms. The molecule has 0 radical (unpaired) electrons. The third-order valence-electron chi connectivity index (χ3n) is 17.9. The zero-order valence-corrected chi connectivity index (χ0v) is 40.7. The normalized spacial score (nSPS) is 29.4. The largest absolute Gasteiger partial charge is 0.462 e. The van der Waals surface area contributed by atoms with E-state index in [2.05, 4.69) is 68.4 Å². The van der Waals surface area contributed by atoms with Crippen LogP contribution < -0.4 is 0 Å². The first-order valence-corrected chi connectivity index (χ1v) is 26.4. The van der Waals surface area contributed by atoms with E-state index >= 15 is 0 Å². The minimum atomic E-state index is 0.0207. The van der Waals surface area contributed by atoms with Crippen LogP contribution >= 0.6 is 0 Å². The number of rotatable bonds is 29. The first-order valence-electron chi connectivity index (χ1n) is 26.4. The van der Waals surface area contributed by atoms with Crippen LogP contribution in [0.5, 0.6) is 0 Å².